The number of benzene rings is 2. The van der Waals surface area contributed by atoms with Crippen LogP contribution in [0.3, 0.4) is 0 Å². The fourth-order valence-electron chi connectivity index (χ4n) is 5.35. The lowest BCUT2D eigenvalue weighted by atomic mass is 9.87. The van der Waals surface area contributed by atoms with E-state index in [1.54, 1.807) is 4.90 Å². The van der Waals surface area contributed by atoms with Crippen LogP contribution >= 0.6 is 0 Å². The Bertz CT molecular complexity index is 1090. The third kappa shape index (κ3) is 3.78. The molecule has 3 nitrogen and oxygen atoms in total. The highest BCUT2D eigenvalue weighted by atomic mass is 15.2. The molecule has 5 rings (SSSR count). The first kappa shape index (κ1) is 19.1. The maximum atomic E-state index is 3.63. The topological polar surface area (TPSA) is 34.4 Å². The van der Waals surface area contributed by atoms with Crippen LogP contribution in [0.5, 0.6) is 0 Å². The normalized spacial score (nSPS) is 20.3. The predicted octanol–water partition coefficient (Wildman–Crippen LogP) is 3.92. The van der Waals surface area contributed by atoms with Crippen molar-refractivity contribution in [2.75, 3.05) is 13.1 Å². The maximum Gasteiger partial charge on any atom is 0.176 e. The van der Waals surface area contributed by atoms with Gasteiger partial charge in [0.05, 0.1) is 18.7 Å². The van der Waals surface area contributed by atoms with Gasteiger partial charge in [0.25, 0.3) is 0 Å². The van der Waals surface area contributed by atoms with Crippen LogP contribution in [0.25, 0.3) is 10.9 Å². The Morgan fingerprint density at radius 2 is 1.73 bits per heavy atom. The summed E-state index contributed by atoms with van der Waals surface area (Å²) in [4.78, 5) is 8.65. The summed E-state index contributed by atoms with van der Waals surface area (Å²) < 4.78 is 0. The Morgan fingerprint density at radius 1 is 0.967 bits per heavy atom. The molecule has 1 aliphatic heterocycles. The monoisotopic (exact) mass is 397 g/mol. The SMILES string of the molecule is Cc1[nH]c2ccccc2c1C(c1ccc[nH+]c1)[NH+]1CCC(Cc2ccccc2)CC1. The molecular formula is C27H31N3+2. The van der Waals surface area contributed by atoms with Crippen molar-refractivity contribution < 1.29 is 9.88 Å². The first-order valence-electron chi connectivity index (χ1n) is 11.2. The minimum absolute atomic E-state index is 0.358. The third-order valence-corrected chi connectivity index (χ3v) is 6.82. The van der Waals surface area contributed by atoms with Gasteiger partial charge in [0.15, 0.2) is 12.4 Å². The molecule has 3 N–H and O–H groups in total. The van der Waals surface area contributed by atoms with Crippen LogP contribution in [0.2, 0.25) is 0 Å². The van der Waals surface area contributed by atoms with E-state index < -0.39 is 0 Å². The van der Waals surface area contributed by atoms with Gasteiger partial charge in [-0.1, -0.05) is 48.5 Å². The fourth-order valence-corrected chi connectivity index (χ4v) is 5.35. The highest BCUT2D eigenvalue weighted by Crippen LogP contribution is 2.30. The number of hydrogen-bond donors (Lipinski definition) is 2. The number of fused-ring (bicyclic) bond motifs is 1. The lowest BCUT2D eigenvalue weighted by molar-refractivity contribution is -0.931. The molecule has 0 amide bonds. The first-order chi connectivity index (χ1) is 14.8. The Hall–Kier alpha value is -2.91. The number of aromatic nitrogens is 2. The Balaban J connectivity index is 1.43. The van der Waals surface area contributed by atoms with Gasteiger partial charge in [0.1, 0.15) is 6.04 Å². The van der Waals surface area contributed by atoms with Gasteiger partial charge in [-0.15, -0.1) is 0 Å². The van der Waals surface area contributed by atoms with Crippen LogP contribution in [0.15, 0.2) is 79.1 Å². The summed E-state index contributed by atoms with van der Waals surface area (Å²) in [6.45, 7) is 4.67. The molecule has 3 heteroatoms. The van der Waals surface area contributed by atoms with Crippen molar-refractivity contribution in [1.82, 2.24) is 4.98 Å². The number of aryl methyl sites for hydroxylation is 1. The van der Waals surface area contributed by atoms with Crippen LogP contribution in [0.4, 0.5) is 0 Å². The Kier molecular flexibility index (Phi) is 5.37. The number of quaternary nitrogens is 1. The smallest absolute Gasteiger partial charge is 0.176 e. The Morgan fingerprint density at radius 3 is 2.50 bits per heavy atom. The maximum absolute atomic E-state index is 3.63. The van der Waals surface area contributed by atoms with Crippen molar-refractivity contribution in [1.29, 1.82) is 0 Å². The number of piperidine rings is 1. The highest BCUT2D eigenvalue weighted by Gasteiger charge is 2.34. The van der Waals surface area contributed by atoms with E-state index >= 15 is 0 Å². The lowest BCUT2D eigenvalue weighted by Gasteiger charge is -2.35. The van der Waals surface area contributed by atoms with E-state index in [1.807, 2.05) is 6.20 Å². The van der Waals surface area contributed by atoms with Crippen LogP contribution < -0.4 is 9.88 Å². The van der Waals surface area contributed by atoms with E-state index in [1.165, 1.54) is 65.6 Å². The molecule has 0 bridgehead atoms. The second-order valence-corrected chi connectivity index (χ2v) is 8.77. The van der Waals surface area contributed by atoms with E-state index in [-0.39, 0.29) is 0 Å². The summed E-state index contributed by atoms with van der Waals surface area (Å²) in [5, 5.41) is 1.36. The molecule has 152 valence electrons. The van der Waals surface area contributed by atoms with Gasteiger partial charge < -0.3 is 9.88 Å². The standard InChI is InChI=1S/C27H29N3/c1-20-26(24-11-5-6-12-25(24)29-20)27(23-10-7-15-28-19-23)30-16-13-22(14-17-30)18-21-8-3-2-4-9-21/h2-12,15,19,22,27,29H,13-14,16-18H2,1H3/p+2. The second kappa shape index (κ2) is 8.45. The van der Waals surface area contributed by atoms with Gasteiger partial charge in [-0.2, -0.15) is 0 Å². The third-order valence-electron chi connectivity index (χ3n) is 6.82. The molecule has 1 unspecified atom stereocenters. The number of nitrogens with one attached hydrogen (secondary N) is 3. The number of likely N-dealkylation sites (tertiary alicyclic amines) is 1. The molecule has 2 aromatic carbocycles. The average molecular weight is 398 g/mol. The van der Waals surface area contributed by atoms with Gasteiger partial charge in [0, 0.05) is 28.2 Å². The zero-order valence-corrected chi connectivity index (χ0v) is 17.7. The fraction of sp³-hybridized carbons (Fsp3) is 0.296. The predicted molar refractivity (Wildman–Crippen MR) is 121 cm³/mol. The van der Waals surface area contributed by atoms with Gasteiger partial charge in [0.2, 0.25) is 0 Å². The number of H-pyrrole nitrogens is 2. The van der Waals surface area contributed by atoms with Crippen molar-refractivity contribution in [3.8, 4) is 0 Å². The zero-order valence-electron chi connectivity index (χ0n) is 17.7. The molecule has 0 saturated carbocycles. The van der Waals surface area contributed by atoms with Crippen molar-refractivity contribution >= 4 is 10.9 Å². The summed E-state index contributed by atoms with van der Waals surface area (Å²) in [6.07, 6.45) is 7.99. The van der Waals surface area contributed by atoms with Gasteiger partial charge in [-0.3, -0.25) is 0 Å². The molecular weight excluding hydrogens is 366 g/mol. The Labute approximate surface area is 178 Å². The zero-order chi connectivity index (χ0) is 20.3. The van der Waals surface area contributed by atoms with Crippen molar-refractivity contribution in [2.45, 2.75) is 32.2 Å². The molecule has 1 aliphatic rings. The van der Waals surface area contributed by atoms with Gasteiger partial charge in [-0.05, 0) is 49.8 Å². The van der Waals surface area contributed by atoms with E-state index in [9.17, 15) is 0 Å². The van der Waals surface area contributed by atoms with E-state index in [2.05, 4.69) is 89.8 Å². The lowest BCUT2D eigenvalue weighted by Crippen LogP contribution is -3.13. The van der Waals surface area contributed by atoms with E-state index in [0.717, 1.165) is 5.92 Å². The van der Waals surface area contributed by atoms with E-state index in [0.29, 0.717) is 6.04 Å². The van der Waals surface area contributed by atoms with Gasteiger partial charge in [-0.25, -0.2) is 4.98 Å². The summed E-state index contributed by atoms with van der Waals surface area (Å²) in [7, 11) is 0. The quantitative estimate of drug-likeness (QED) is 0.512. The van der Waals surface area contributed by atoms with Crippen LogP contribution in [-0.2, 0) is 6.42 Å². The molecule has 1 fully saturated rings. The van der Waals surface area contributed by atoms with Crippen molar-refractivity contribution in [3.05, 3.63) is 102 Å². The largest absolute Gasteiger partial charge is 0.358 e. The van der Waals surface area contributed by atoms with Crippen LogP contribution in [0.1, 0.15) is 41.3 Å². The summed E-state index contributed by atoms with van der Waals surface area (Å²) in [5.41, 5.74) is 6.86. The van der Waals surface area contributed by atoms with E-state index in [4.69, 9.17) is 0 Å². The van der Waals surface area contributed by atoms with Crippen LogP contribution in [0, 0.1) is 12.8 Å². The van der Waals surface area contributed by atoms with Crippen LogP contribution in [-0.4, -0.2) is 18.1 Å². The first-order valence-corrected chi connectivity index (χ1v) is 11.2. The molecule has 30 heavy (non-hydrogen) atoms. The average Bonchev–Trinajstić information content (AvgIpc) is 3.12. The summed E-state index contributed by atoms with van der Waals surface area (Å²) in [5.74, 6) is 0.795. The molecule has 2 aromatic heterocycles. The minimum Gasteiger partial charge on any atom is -0.358 e. The molecule has 1 atom stereocenters. The number of aromatic amines is 2. The minimum atomic E-state index is 0.358. The molecule has 1 saturated heterocycles. The number of hydrogen-bond acceptors (Lipinski definition) is 0. The molecule has 3 heterocycles. The summed E-state index contributed by atoms with van der Waals surface area (Å²) in [6, 6.07) is 24.5. The van der Waals surface area contributed by atoms with Crippen molar-refractivity contribution in [3.63, 3.8) is 0 Å². The molecule has 0 aliphatic carbocycles. The molecule has 4 aromatic rings. The molecule has 0 spiro atoms. The number of rotatable bonds is 5. The van der Waals surface area contributed by atoms with Crippen molar-refractivity contribution in [2.24, 2.45) is 5.92 Å². The second-order valence-electron chi connectivity index (χ2n) is 8.77. The number of pyridine rings is 1. The number of para-hydroxylation sites is 1. The highest BCUT2D eigenvalue weighted by molar-refractivity contribution is 5.85. The summed E-state index contributed by atoms with van der Waals surface area (Å²) >= 11 is 0. The van der Waals surface area contributed by atoms with Gasteiger partial charge >= 0.3 is 0 Å². The molecule has 0 radical (unpaired) electrons.